The SMILES string of the molecule is O=C(C[C@H]1C=CCC1)NC[C@@H]1CCCN(Cc2ccccc2)C1. The third kappa shape index (κ3) is 5.21. The molecule has 1 aromatic rings. The molecule has 1 aliphatic heterocycles. The van der Waals surface area contributed by atoms with Gasteiger partial charge in [0.05, 0.1) is 0 Å². The van der Waals surface area contributed by atoms with Gasteiger partial charge in [-0.25, -0.2) is 0 Å². The zero-order valence-corrected chi connectivity index (χ0v) is 13.9. The predicted octanol–water partition coefficient (Wildman–Crippen LogP) is 3.37. The Bertz CT molecular complexity index is 526. The molecule has 1 fully saturated rings. The molecule has 2 atom stereocenters. The molecule has 23 heavy (non-hydrogen) atoms. The van der Waals surface area contributed by atoms with Gasteiger partial charge in [-0.15, -0.1) is 0 Å². The Morgan fingerprint density at radius 3 is 2.87 bits per heavy atom. The Morgan fingerprint density at radius 1 is 1.22 bits per heavy atom. The summed E-state index contributed by atoms with van der Waals surface area (Å²) in [4.78, 5) is 14.6. The summed E-state index contributed by atoms with van der Waals surface area (Å²) in [5.74, 6) is 1.29. The summed E-state index contributed by atoms with van der Waals surface area (Å²) in [7, 11) is 0. The van der Waals surface area contributed by atoms with E-state index in [-0.39, 0.29) is 5.91 Å². The van der Waals surface area contributed by atoms with Gasteiger partial charge in [0.15, 0.2) is 0 Å². The summed E-state index contributed by atoms with van der Waals surface area (Å²) in [6.07, 6.45) is 9.80. The second kappa shape index (κ2) is 8.30. The van der Waals surface area contributed by atoms with E-state index in [2.05, 4.69) is 52.7 Å². The van der Waals surface area contributed by atoms with E-state index in [1.54, 1.807) is 0 Å². The Labute approximate surface area is 139 Å². The number of rotatable bonds is 6. The Kier molecular flexibility index (Phi) is 5.87. The number of allylic oxidation sites excluding steroid dienone is 2. The van der Waals surface area contributed by atoms with Crippen molar-refractivity contribution < 1.29 is 4.79 Å². The van der Waals surface area contributed by atoms with E-state index in [9.17, 15) is 4.79 Å². The van der Waals surface area contributed by atoms with E-state index in [4.69, 9.17) is 0 Å². The standard InChI is InChI=1S/C20H28N2O/c23-20(13-17-7-4-5-8-17)21-14-19-11-6-12-22(16-19)15-18-9-2-1-3-10-18/h1-4,7,9-10,17,19H,5-6,8,11-16H2,(H,21,23)/t17-,19-/m0/s1. The fourth-order valence-corrected chi connectivity index (χ4v) is 3.74. The Morgan fingerprint density at radius 2 is 2.09 bits per heavy atom. The molecule has 1 amide bonds. The topological polar surface area (TPSA) is 32.3 Å². The van der Waals surface area contributed by atoms with Crippen molar-refractivity contribution in [3.8, 4) is 0 Å². The Hall–Kier alpha value is -1.61. The van der Waals surface area contributed by atoms with Gasteiger partial charge < -0.3 is 5.32 Å². The van der Waals surface area contributed by atoms with Gasteiger partial charge in [-0.3, -0.25) is 9.69 Å². The molecule has 124 valence electrons. The lowest BCUT2D eigenvalue weighted by Crippen LogP contribution is -2.40. The molecule has 0 unspecified atom stereocenters. The number of nitrogens with one attached hydrogen (secondary N) is 1. The van der Waals surface area contributed by atoms with Crippen LogP contribution in [0.1, 0.15) is 37.7 Å². The van der Waals surface area contributed by atoms with Crippen LogP contribution in [0.15, 0.2) is 42.5 Å². The van der Waals surface area contributed by atoms with E-state index in [0.29, 0.717) is 18.3 Å². The predicted molar refractivity (Wildman–Crippen MR) is 93.9 cm³/mol. The van der Waals surface area contributed by atoms with E-state index in [1.165, 1.54) is 24.9 Å². The molecule has 1 saturated heterocycles. The maximum absolute atomic E-state index is 12.1. The molecule has 0 saturated carbocycles. The second-order valence-corrected chi connectivity index (χ2v) is 7.00. The molecule has 1 aromatic carbocycles. The number of hydrogen-bond acceptors (Lipinski definition) is 2. The number of amides is 1. The number of nitrogens with zero attached hydrogens (tertiary/aromatic N) is 1. The van der Waals surface area contributed by atoms with Crippen molar-refractivity contribution in [1.29, 1.82) is 0 Å². The molecule has 1 N–H and O–H groups in total. The monoisotopic (exact) mass is 312 g/mol. The molecule has 1 heterocycles. The summed E-state index contributed by atoms with van der Waals surface area (Å²) < 4.78 is 0. The largest absolute Gasteiger partial charge is 0.356 e. The lowest BCUT2D eigenvalue weighted by Gasteiger charge is -2.33. The Balaban J connectivity index is 1.39. The highest BCUT2D eigenvalue weighted by Gasteiger charge is 2.21. The van der Waals surface area contributed by atoms with Gasteiger partial charge >= 0.3 is 0 Å². The highest BCUT2D eigenvalue weighted by molar-refractivity contribution is 5.76. The molecule has 0 bridgehead atoms. The molecule has 0 aromatic heterocycles. The summed E-state index contributed by atoms with van der Waals surface area (Å²) >= 11 is 0. The number of hydrogen-bond donors (Lipinski definition) is 1. The highest BCUT2D eigenvalue weighted by atomic mass is 16.1. The fourth-order valence-electron chi connectivity index (χ4n) is 3.74. The van der Waals surface area contributed by atoms with E-state index >= 15 is 0 Å². The van der Waals surface area contributed by atoms with Crippen molar-refractivity contribution in [2.75, 3.05) is 19.6 Å². The van der Waals surface area contributed by atoms with Gasteiger partial charge in [-0.1, -0.05) is 42.5 Å². The normalized spacial score (nSPS) is 24.7. The van der Waals surface area contributed by atoms with Crippen molar-refractivity contribution >= 4 is 5.91 Å². The fraction of sp³-hybridized carbons (Fsp3) is 0.550. The maximum Gasteiger partial charge on any atom is 0.220 e. The second-order valence-electron chi connectivity index (χ2n) is 7.00. The minimum Gasteiger partial charge on any atom is -0.356 e. The van der Waals surface area contributed by atoms with Crippen molar-refractivity contribution in [3.05, 3.63) is 48.0 Å². The average Bonchev–Trinajstić information content (AvgIpc) is 3.07. The van der Waals surface area contributed by atoms with Crippen molar-refractivity contribution in [1.82, 2.24) is 10.2 Å². The number of carbonyl (C=O) groups is 1. The lowest BCUT2D eigenvalue weighted by atomic mass is 9.97. The quantitative estimate of drug-likeness (QED) is 0.817. The first kappa shape index (κ1) is 16.3. The molecule has 2 aliphatic rings. The summed E-state index contributed by atoms with van der Waals surface area (Å²) in [6, 6.07) is 10.7. The van der Waals surface area contributed by atoms with Crippen LogP contribution in [0.2, 0.25) is 0 Å². The van der Waals surface area contributed by atoms with Crippen LogP contribution in [0.25, 0.3) is 0 Å². The van der Waals surface area contributed by atoms with E-state index in [1.807, 2.05) is 0 Å². The molecular formula is C20H28N2O. The first-order valence-electron chi connectivity index (χ1n) is 8.99. The molecule has 3 rings (SSSR count). The van der Waals surface area contributed by atoms with E-state index < -0.39 is 0 Å². The lowest BCUT2D eigenvalue weighted by molar-refractivity contribution is -0.122. The smallest absolute Gasteiger partial charge is 0.220 e. The molecule has 0 spiro atoms. The van der Waals surface area contributed by atoms with Gasteiger partial charge in [0.1, 0.15) is 0 Å². The number of piperidine rings is 1. The van der Waals surface area contributed by atoms with Gasteiger partial charge in [0.25, 0.3) is 0 Å². The summed E-state index contributed by atoms with van der Waals surface area (Å²) in [5.41, 5.74) is 1.38. The number of likely N-dealkylation sites (tertiary alicyclic amines) is 1. The molecule has 1 aliphatic carbocycles. The van der Waals surface area contributed by atoms with Gasteiger partial charge in [0.2, 0.25) is 5.91 Å². The zero-order chi connectivity index (χ0) is 15.9. The van der Waals surface area contributed by atoms with Crippen LogP contribution in [0.5, 0.6) is 0 Å². The first-order chi connectivity index (χ1) is 11.3. The maximum atomic E-state index is 12.1. The highest BCUT2D eigenvalue weighted by Crippen LogP contribution is 2.21. The van der Waals surface area contributed by atoms with Crippen LogP contribution in [0.4, 0.5) is 0 Å². The zero-order valence-electron chi connectivity index (χ0n) is 13.9. The van der Waals surface area contributed by atoms with Crippen molar-refractivity contribution in [2.45, 2.75) is 38.6 Å². The molecule has 3 nitrogen and oxygen atoms in total. The van der Waals surface area contributed by atoms with Crippen LogP contribution in [-0.4, -0.2) is 30.4 Å². The third-order valence-corrected chi connectivity index (χ3v) is 5.00. The molecule has 0 radical (unpaired) electrons. The third-order valence-electron chi connectivity index (χ3n) is 5.00. The van der Waals surface area contributed by atoms with Crippen LogP contribution in [0.3, 0.4) is 0 Å². The van der Waals surface area contributed by atoms with E-state index in [0.717, 1.165) is 32.5 Å². The molecular weight excluding hydrogens is 284 g/mol. The summed E-state index contributed by atoms with van der Waals surface area (Å²) in [5, 5.41) is 3.16. The van der Waals surface area contributed by atoms with Crippen LogP contribution in [-0.2, 0) is 11.3 Å². The van der Waals surface area contributed by atoms with Gasteiger partial charge in [-0.2, -0.15) is 0 Å². The van der Waals surface area contributed by atoms with Crippen LogP contribution >= 0.6 is 0 Å². The number of benzene rings is 1. The molecule has 3 heteroatoms. The average molecular weight is 312 g/mol. The van der Waals surface area contributed by atoms with Crippen LogP contribution < -0.4 is 5.32 Å². The van der Waals surface area contributed by atoms with Gasteiger partial charge in [0, 0.05) is 26.1 Å². The van der Waals surface area contributed by atoms with Gasteiger partial charge in [-0.05, 0) is 49.6 Å². The minimum atomic E-state index is 0.224. The summed E-state index contributed by atoms with van der Waals surface area (Å²) in [6.45, 7) is 4.13. The first-order valence-corrected chi connectivity index (χ1v) is 8.99. The minimum absolute atomic E-state index is 0.224. The van der Waals surface area contributed by atoms with Crippen molar-refractivity contribution in [3.63, 3.8) is 0 Å². The van der Waals surface area contributed by atoms with Crippen LogP contribution in [0, 0.1) is 11.8 Å². The number of carbonyl (C=O) groups excluding carboxylic acids is 1. The van der Waals surface area contributed by atoms with Crippen molar-refractivity contribution in [2.24, 2.45) is 11.8 Å².